The molecule has 0 aromatic carbocycles. The van der Waals surface area contributed by atoms with Crippen LogP contribution in [0.5, 0.6) is 0 Å². The number of rotatable bonds is 4. The third kappa shape index (κ3) is 2.47. The fourth-order valence-electron chi connectivity index (χ4n) is 2.58. The van der Waals surface area contributed by atoms with Crippen molar-refractivity contribution in [1.29, 1.82) is 0 Å². The Balaban J connectivity index is 2.07. The molecule has 0 radical (unpaired) electrons. The molecule has 2 fully saturated rings. The van der Waals surface area contributed by atoms with E-state index in [1.165, 1.54) is 0 Å². The summed E-state index contributed by atoms with van der Waals surface area (Å²) < 4.78 is 0. The first-order valence-electron chi connectivity index (χ1n) is 7.45. The molecule has 1 saturated heterocycles. The van der Waals surface area contributed by atoms with Gasteiger partial charge < -0.3 is 15.3 Å². The first-order chi connectivity index (χ1) is 8.78. The molecule has 2 aliphatic rings. The van der Waals surface area contributed by atoms with Crippen LogP contribution < -0.4 is 5.32 Å². The Labute approximate surface area is 117 Å². The van der Waals surface area contributed by atoms with E-state index in [-0.39, 0.29) is 17.6 Å². The van der Waals surface area contributed by atoms with Crippen molar-refractivity contribution in [2.75, 3.05) is 26.2 Å². The van der Waals surface area contributed by atoms with E-state index in [2.05, 4.69) is 44.8 Å². The van der Waals surface area contributed by atoms with Crippen LogP contribution >= 0.6 is 0 Å². The Hall–Kier alpha value is -0.770. The summed E-state index contributed by atoms with van der Waals surface area (Å²) in [6, 6.07) is 0. The van der Waals surface area contributed by atoms with E-state index in [0.717, 1.165) is 38.4 Å². The molecule has 0 amide bonds. The summed E-state index contributed by atoms with van der Waals surface area (Å²) in [5, 5.41) is 12.8. The number of aliphatic hydroxyl groups is 1. The molecule has 1 aliphatic carbocycles. The second-order valence-electron chi connectivity index (χ2n) is 7.36. The number of aliphatic imine (C=N–C) groups is 1. The standard InChI is InChI=1S/C15H29N3O/c1-6-16-12(17-9-15(11-19)7-8-15)18-10-13(2,3)14(18,4)5/h19H,6-11H2,1-5H3,(H,16,17). The van der Waals surface area contributed by atoms with Crippen molar-refractivity contribution in [2.45, 2.75) is 53.0 Å². The Morgan fingerprint density at radius 1 is 1.26 bits per heavy atom. The van der Waals surface area contributed by atoms with Gasteiger partial charge in [0.2, 0.25) is 0 Å². The highest BCUT2D eigenvalue weighted by molar-refractivity contribution is 5.82. The lowest BCUT2D eigenvalue weighted by Gasteiger charge is -2.62. The molecule has 4 heteroatoms. The van der Waals surface area contributed by atoms with Gasteiger partial charge in [-0.15, -0.1) is 0 Å². The molecule has 0 bridgehead atoms. The first-order valence-corrected chi connectivity index (χ1v) is 7.45. The zero-order valence-corrected chi connectivity index (χ0v) is 13.1. The van der Waals surface area contributed by atoms with Gasteiger partial charge >= 0.3 is 0 Å². The number of guanidine groups is 1. The Morgan fingerprint density at radius 3 is 2.26 bits per heavy atom. The molecule has 0 spiro atoms. The number of aliphatic hydroxyl groups excluding tert-OH is 1. The summed E-state index contributed by atoms with van der Waals surface area (Å²) in [6.07, 6.45) is 2.22. The van der Waals surface area contributed by atoms with Crippen LogP contribution in [0, 0.1) is 10.8 Å². The number of likely N-dealkylation sites (tertiary alicyclic amines) is 1. The SMILES string of the molecule is CCNC(=NCC1(CO)CC1)N1CC(C)(C)C1(C)C. The predicted molar refractivity (Wildman–Crippen MR) is 79.3 cm³/mol. The van der Waals surface area contributed by atoms with Crippen molar-refractivity contribution < 1.29 is 5.11 Å². The zero-order valence-electron chi connectivity index (χ0n) is 13.1. The largest absolute Gasteiger partial charge is 0.396 e. The van der Waals surface area contributed by atoms with Gasteiger partial charge in [-0.25, -0.2) is 0 Å². The molecule has 19 heavy (non-hydrogen) atoms. The lowest BCUT2D eigenvalue weighted by Crippen LogP contribution is -2.72. The van der Waals surface area contributed by atoms with Gasteiger partial charge in [-0.3, -0.25) is 4.99 Å². The lowest BCUT2D eigenvalue weighted by atomic mass is 9.65. The minimum atomic E-state index is 0.0885. The van der Waals surface area contributed by atoms with Gasteiger partial charge in [0.1, 0.15) is 0 Å². The number of nitrogens with zero attached hydrogens (tertiary/aromatic N) is 2. The van der Waals surface area contributed by atoms with Gasteiger partial charge in [0.25, 0.3) is 0 Å². The number of hydrogen-bond donors (Lipinski definition) is 2. The fourth-order valence-corrected chi connectivity index (χ4v) is 2.58. The Kier molecular flexibility index (Phi) is 3.58. The van der Waals surface area contributed by atoms with Gasteiger partial charge in [0, 0.05) is 29.5 Å². The van der Waals surface area contributed by atoms with Crippen LogP contribution in [0.25, 0.3) is 0 Å². The molecule has 0 unspecified atom stereocenters. The van der Waals surface area contributed by atoms with E-state index in [1.54, 1.807) is 0 Å². The van der Waals surface area contributed by atoms with Gasteiger partial charge in [-0.1, -0.05) is 13.8 Å². The van der Waals surface area contributed by atoms with Crippen LogP contribution in [-0.4, -0.2) is 47.7 Å². The second-order valence-corrected chi connectivity index (χ2v) is 7.36. The topological polar surface area (TPSA) is 47.9 Å². The number of nitrogens with one attached hydrogen (secondary N) is 1. The van der Waals surface area contributed by atoms with Crippen molar-refractivity contribution in [3.05, 3.63) is 0 Å². The smallest absolute Gasteiger partial charge is 0.194 e. The highest BCUT2D eigenvalue weighted by Gasteiger charge is 2.54. The molecule has 4 nitrogen and oxygen atoms in total. The monoisotopic (exact) mass is 267 g/mol. The maximum Gasteiger partial charge on any atom is 0.194 e. The van der Waals surface area contributed by atoms with E-state index < -0.39 is 0 Å². The molecule has 0 aromatic rings. The predicted octanol–water partition coefficient (Wildman–Crippen LogP) is 1.84. The van der Waals surface area contributed by atoms with E-state index in [0.29, 0.717) is 5.41 Å². The summed E-state index contributed by atoms with van der Waals surface area (Å²) in [6.45, 7) is 14.2. The van der Waals surface area contributed by atoms with Crippen molar-refractivity contribution in [3.8, 4) is 0 Å². The van der Waals surface area contributed by atoms with Gasteiger partial charge in [0.15, 0.2) is 5.96 Å². The summed E-state index contributed by atoms with van der Waals surface area (Å²) in [5.74, 6) is 1.01. The normalized spacial score (nSPS) is 26.8. The number of hydrogen-bond acceptors (Lipinski definition) is 2. The molecule has 2 N–H and O–H groups in total. The third-order valence-electron chi connectivity index (χ3n) is 5.33. The quantitative estimate of drug-likeness (QED) is 0.603. The lowest BCUT2D eigenvalue weighted by molar-refractivity contribution is -0.0668. The van der Waals surface area contributed by atoms with Crippen LogP contribution in [0.1, 0.15) is 47.5 Å². The van der Waals surface area contributed by atoms with Gasteiger partial charge in [-0.2, -0.15) is 0 Å². The molecule has 2 rings (SSSR count). The van der Waals surface area contributed by atoms with E-state index in [4.69, 9.17) is 4.99 Å². The van der Waals surface area contributed by atoms with Crippen molar-refractivity contribution in [1.82, 2.24) is 10.2 Å². The summed E-state index contributed by atoms with van der Waals surface area (Å²) >= 11 is 0. The highest BCUT2D eigenvalue weighted by Crippen LogP contribution is 2.47. The second kappa shape index (κ2) is 4.65. The molecule has 0 aromatic heterocycles. The summed E-state index contributed by atoms with van der Waals surface area (Å²) in [4.78, 5) is 7.14. The van der Waals surface area contributed by atoms with Crippen LogP contribution in [0.4, 0.5) is 0 Å². The Morgan fingerprint density at radius 2 is 1.89 bits per heavy atom. The maximum absolute atomic E-state index is 9.39. The summed E-state index contributed by atoms with van der Waals surface area (Å²) in [7, 11) is 0. The third-order valence-corrected chi connectivity index (χ3v) is 5.33. The van der Waals surface area contributed by atoms with E-state index in [1.807, 2.05) is 0 Å². The molecule has 1 heterocycles. The highest BCUT2D eigenvalue weighted by atomic mass is 16.3. The zero-order chi connectivity index (χ0) is 14.3. The van der Waals surface area contributed by atoms with Crippen LogP contribution in [0.3, 0.4) is 0 Å². The average molecular weight is 267 g/mol. The maximum atomic E-state index is 9.39. The first kappa shape index (κ1) is 14.6. The van der Waals surface area contributed by atoms with Crippen molar-refractivity contribution >= 4 is 5.96 Å². The van der Waals surface area contributed by atoms with Crippen LogP contribution in [0.2, 0.25) is 0 Å². The van der Waals surface area contributed by atoms with E-state index >= 15 is 0 Å². The average Bonchev–Trinajstić information content (AvgIpc) is 3.12. The van der Waals surface area contributed by atoms with E-state index in [9.17, 15) is 5.11 Å². The van der Waals surface area contributed by atoms with Crippen molar-refractivity contribution in [3.63, 3.8) is 0 Å². The van der Waals surface area contributed by atoms with Crippen LogP contribution in [0.15, 0.2) is 4.99 Å². The molecule has 1 saturated carbocycles. The Bertz CT molecular complexity index is 370. The minimum Gasteiger partial charge on any atom is -0.396 e. The molecular weight excluding hydrogens is 238 g/mol. The summed E-state index contributed by atoms with van der Waals surface area (Å²) in [5.41, 5.74) is 0.534. The van der Waals surface area contributed by atoms with Crippen LogP contribution in [-0.2, 0) is 0 Å². The van der Waals surface area contributed by atoms with Gasteiger partial charge in [0.05, 0.1) is 13.2 Å². The molecule has 1 aliphatic heterocycles. The molecular formula is C15H29N3O. The fraction of sp³-hybridized carbons (Fsp3) is 0.933. The molecule has 110 valence electrons. The molecule has 0 atom stereocenters. The minimum absolute atomic E-state index is 0.0885. The van der Waals surface area contributed by atoms with Gasteiger partial charge in [-0.05, 0) is 33.6 Å². The van der Waals surface area contributed by atoms with Crippen molar-refractivity contribution in [2.24, 2.45) is 15.8 Å².